The molecule has 0 saturated heterocycles. The molecule has 25 heavy (non-hydrogen) atoms. The van der Waals surface area contributed by atoms with Crippen molar-refractivity contribution in [1.82, 2.24) is 0 Å². The number of ether oxygens (including phenoxy) is 1. The van der Waals surface area contributed by atoms with Gasteiger partial charge < -0.3 is 9.84 Å². The van der Waals surface area contributed by atoms with Gasteiger partial charge in [-0.15, -0.1) is 0 Å². The zero-order chi connectivity index (χ0) is 19.3. The number of unbranched alkanes of at least 4 members (excludes halogenated alkanes) is 10. The van der Waals surface area contributed by atoms with Crippen LogP contribution in [0.1, 0.15) is 111 Å². The van der Waals surface area contributed by atoms with E-state index in [1.54, 1.807) is 0 Å². The highest BCUT2D eigenvalue weighted by Crippen LogP contribution is 2.08. The van der Waals surface area contributed by atoms with Crippen LogP contribution >= 0.6 is 0 Å². The number of carboxylic acids is 1. The quantitative estimate of drug-likeness (QED) is 0.246. The summed E-state index contributed by atoms with van der Waals surface area (Å²) in [6, 6.07) is 0. The average Bonchev–Trinajstić information content (AvgIpc) is 2.53. The minimum absolute atomic E-state index is 0.337. The van der Waals surface area contributed by atoms with E-state index in [0.717, 1.165) is 25.7 Å². The molecule has 0 rings (SSSR count). The SMILES string of the molecule is CCCCCCCC(=O)O.CCCCCCCCCC(=O)OC(C)=O. The smallest absolute Gasteiger partial charge is 0.313 e. The first-order valence-electron chi connectivity index (χ1n) is 9.87. The standard InChI is InChI=1S/C12H22O3.C8H16O2/c1-3-4-5-6-7-8-9-10-12(14)15-11(2)13;1-2-3-4-5-6-7-8(9)10/h3-10H2,1-2H3;2-7H2,1H3,(H,9,10). The maximum atomic E-state index is 10.9. The van der Waals surface area contributed by atoms with E-state index < -0.39 is 17.9 Å². The van der Waals surface area contributed by atoms with Gasteiger partial charge in [0.15, 0.2) is 0 Å². The van der Waals surface area contributed by atoms with Crippen molar-refractivity contribution >= 4 is 17.9 Å². The zero-order valence-electron chi connectivity index (χ0n) is 16.5. The lowest BCUT2D eigenvalue weighted by Gasteiger charge is -2.01. The fraction of sp³-hybridized carbons (Fsp3) is 0.850. The van der Waals surface area contributed by atoms with E-state index in [1.165, 1.54) is 58.3 Å². The molecule has 0 aromatic carbocycles. The summed E-state index contributed by atoms with van der Waals surface area (Å²) in [6.45, 7) is 5.59. The number of aliphatic carboxylic acids is 1. The van der Waals surface area contributed by atoms with Gasteiger partial charge in [0.05, 0.1) is 0 Å². The van der Waals surface area contributed by atoms with E-state index in [0.29, 0.717) is 12.8 Å². The third-order valence-corrected chi connectivity index (χ3v) is 3.74. The Bertz CT molecular complexity index is 339. The molecule has 5 nitrogen and oxygen atoms in total. The lowest BCUT2D eigenvalue weighted by atomic mass is 10.1. The van der Waals surface area contributed by atoms with Crippen molar-refractivity contribution in [3.63, 3.8) is 0 Å². The molecule has 0 aliphatic rings. The highest BCUT2D eigenvalue weighted by Gasteiger charge is 2.04. The summed E-state index contributed by atoms with van der Waals surface area (Å²) in [5, 5.41) is 8.27. The van der Waals surface area contributed by atoms with Crippen LogP contribution in [0, 0.1) is 0 Å². The fourth-order valence-electron chi connectivity index (χ4n) is 2.32. The van der Waals surface area contributed by atoms with Gasteiger partial charge in [0, 0.05) is 19.8 Å². The highest BCUT2D eigenvalue weighted by atomic mass is 16.6. The summed E-state index contributed by atoms with van der Waals surface area (Å²) in [4.78, 5) is 31.4. The molecule has 0 saturated carbocycles. The molecule has 0 heterocycles. The number of esters is 2. The van der Waals surface area contributed by atoms with Crippen LogP contribution < -0.4 is 0 Å². The first-order chi connectivity index (χ1) is 11.9. The summed E-state index contributed by atoms with van der Waals surface area (Å²) < 4.78 is 4.42. The first-order valence-corrected chi connectivity index (χ1v) is 9.87. The maximum Gasteiger partial charge on any atom is 0.313 e. The van der Waals surface area contributed by atoms with Crippen molar-refractivity contribution in [3.8, 4) is 0 Å². The van der Waals surface area contributed by atoms with Crippen molar-refractivity contribution < 1.29 is 24.2 Å². The molecule has 0 aliphatic heterocycles. The molecule has 0 aliphatic carbocycles. The van der Waals surface area contributed by atoms with Gasteiger partial charge in [-0.1, -0.05) is 78.1 Å². The molecule has 0 spiro atoms. The van der Waals surface area contributed by atoms with Crippen LogP contribution in [0.4, 0.5) is 0 Å². The molecule has 0 aromatic rings. The maximum absolute atomic E-state index is 10.9. The van der Waals surface area contributed by atoms with E-state index in [-0.39, 0.29) is 0 Å². The fourth-order valence-corrected chi connectivity index (χ4v) is 2.32. The summed E-state index contributed by atoms with van der Waals surface area (Å²) in [5.74, 6) is -1.57. The van der Waals surface area contributed by atoms with Crippen LogP contribution in [0.5, 0.6) is 0 Å². The number of carboxylic acid groups (broad SMARTS) is 1. The first kappa shape index (κ1) is 25.8. The Morgan fingerprint density at radius 3 is 1.48 bits per heavy atom. The van der Waals surface area contributed by atoms with Gasteiger partial charge in [0.25, 0.3) is 0 Å². The van der Waals surface area contributed by atoms with Crippen molar-refractivity contribution in [2.75, 3.05) is 0 Å². The Kier molecular flexibility index (Phi) is 21.4. The third kappa shape index (κ3) is 27.7. The number of carbonyl (C=O) groups excluding carboxylic acids is 2. The normalized spacial score (nSPS) is 9.88. The Balaban J connectivity index is 0. The molecule has 148 valence electrons. The minimum atomic E-state index is -0.670. The Hall–Kier alpha value is -1.39. The van der Waals surface area contributed by atoms with Crippen molar-refractivity contribution in [3.05, 3.63) is 0 Å². The van der Waals surface area contributed by atoms with Gasteiger partial charge in [-0.25, -0.2) is 0 Å². The third-order valence-electron chi connectivity index (χ3n) is 3.74. The van der Waals surface area contributed by atoms with Crippen molar-refractivity contribution in [1.29, 1.82) is 0 Å². The van der Waals surface area contributed by atoms with E-state index >= 15 is 0 Å². The summed E-state index contributed by atoms with van der Waals surface area (Å²) in [5.41, 5.74) is 0. The average molecular weight is 359 g/mol. The van der Waals surface area contributed by atoms with Crippen LogP contribution in [0.2, 0.25) is 0 Å². The van der Waals surface area contributed by atoms with Gasteiger partial charge >= 0.3 is 17.9 Å². The van der Waals surface area contributed by atoms with Gasteiger partial charge in [-0.05, 0) is 12.8 Å². The van der Waals surface area contributed by atoms with Gasteiger partial charge in [0.1, 0.15) is 0 Å². The molecule has 0 atom stereocenters. The monoisotopic (exact) mass is 358 g/mol. The number of rotatable bonds is 14. The van der Waals surface area contributed by atoms with Crippen LogP contribution in [-0.4, -0.2) is 23.0 Å². The lowest BCUT2D eigenvalue weighted by Crippen LogP contribution is -2.08. The Labute approximate surface area is 153 Å². The number of hydrogen-bond donors (Lipinski definition) is 1. The van der Waals surface area contributed by atoms with Crippen LogP contribution in [0.25, 0.3) is 0 Å². The molecule has 0 bridgehead atoms. The van der Waals surface area contributed by atoms with Gasteiger partial charge in [0.2, 0.25) is 0 Å². The van der Waals surface area contributed by atoms with E-state index in [9.17, 15) is 14.4 Å². The molecular weight excluding hydrogens is 320 g/mol. The largest absolute Gasteiger partial charge is 0.481 e. The predicted octanol–water partition coefficient (Wildman–Crippen LogP) is 5.65. The topological polar surface area (TPSA) is 80.7 Å². The van der Waals surface area contributed by atoms with E-state index in [2.05, 4.69) is 18.6 Å². The van der Waals surface area contributed by atoms with Gasteiger partial charge in [-0.2, -0.15) is 0 Å². The second-order valence-corrected chi connectivity index (χ2v) is 6.39. The number of hydrogen-bond acceptors (Lipinski definition) is 4. The molecule has 5 heteroatoms. The minimum Gasteiger partial charge on any atom is -0.481 e. The summed E-state index contributed by atoms with van der Waals surface area (Å²) >= 11 is 0. The van der Waals surface area contributed by atoms with E-state index in [4.69, 9.17) is 5.11 Å². The van der Waals surface area contributed by atoms with E-state index in [1.807, 2.05) is 0 Å². The van der Waals surface area contributed by atoms with Crippen LogP contribution in [0.3, 0.4) is 0 Å². The lowest BCUT2D eigenvalue weighted by molar-refractivity contribution is -0.158. The second kappa shape index (κ2) is 20.7. The van der Waals surface area contributed by atoms with Crippen molar-refractivity contribution in [2.45, 2.75) is 111 Å². The predicted molar refractivity (Wildman–Crippen MR) is 100 cm³/mol. The zero-order valence-corrected chi connectivity index (χ0v) is 16.5. The molecule has 0 aromatic heterocycles. The van der Waals surface area contributed by atoms with Gasteiger partial charge in [-0.3, -0.25) is 14.4 Å². The number of carbonyl (C=O) groups is 3. The summed E-state index contributed by atoms with van der Waals surface area (Å²) in [7, 11) is 0. The van der Waals surface area contributed by atoms with Crippen molar-refractivity contribution in [2.24, 2.45) is 0 Å². The second-order valence-electron chi connectivity index (χ2n) is 6.39. The Morgan fingerprint density at radius 2 is 1.08 bits per heavy atom. The summed E-state index contributed by atoms with van der Waals surface area (Å²) in [6.07, 6.45) is 14.4. The molecule has 1 N–H and O–H groups in total. The molecule has 0 unspecified atom stereocenters. The van der Waals surface area contributed by atoms with Crippen LogP contribution in [-0.2, 0) is 19.1 Å². The molecule has 0 fully saturated rings. The molecule has 0 radical (unpaired) electrons. The van der Waals surface area contributed by atoms with Crippen LogP contribution in [0.15, 0.2) is 0 Å². The highest BCUT2D eigenvalue weighted by molar-refractivity contribution is 5.83. The molecule has 0 amide bonds. The molecular formula is C20H38O5. The Morgan fingerprint density at radius 1 is 0.680 bits per heavy atom.